The molecule has 1 aliphatic heterocycles. The lowest BCUT2D eigenvalue weighted by atomic mass is 9.95. The third kappa shape index (κ3) is 2.42. The fourth-order valence-electron chi connectivity index (χ4n) is 2.06. The van der Waals surface area contributed by atoms with Crippen molar-refractivity contribution in [3.05, 3.63) is 29.3 Å². The van der Waals surface area contributed by atoms with Crippen LogP contribution in [0.3, 0.4) is 0 Å². The molecular formula is C13H16O4. The Hall–Kier alpha value is -1.55. The molecule has 1 aromatic carbocycles. The van der Waals surface area contributed by atoms with E-state index in [0.717, 1.165) is 23.3 Å². The molecule has 1 heterocycles. The zero-order valence-corrected chi connectivity index (χ0v) is 9.93. The maximum Gasteiger partial charge on any atom is 0.335 e. The average molecular weight is 236 g/mol. The number of carbonyl (C=O) groups is 1. The first-order valence-corrected chi connectivity index (χ1v) is 5.63. The van der Waals surface area contributed by atoms with Crippen LogP contribution in [0.5, 0.6) is 5.75 Å². The first kappa shape index (κ1) is 11.9. The maximum atomic E-state index is 10.8. The molecule has 0 aromatic heterocycles. The van der Waals surface area contributed by atoms with Crippen molar-refractivity contribution in [1.82, 2.24) is 0 Å². The molecule has 1 aromatic rings. The van der Waals surface area contributed by atoms with Crippen molar-refractivity contribution < 1.29 is 19.7 Å². The minimum Gasteiger partial charge on any atom is -0.490 e. The number of aliphatic carboxylic acids is 1. The first-order valence-electron chi connectivity index (χ1n) is 5.63. The van der Waals surface area contributed by atoms with Gasteiger partial charge in [0.25, 0.3) is 0 Å². The maximum absolute atomic E-state index is 10.8. The minimum atomic E-state index is -1.72. The van der Waals surface area contributed by atoms with E-state index in [1.54, 1.807) is 6.07 Å². The second kappa shape index (κ2) is 4.04. The Morgan fingerprint density at radius 3 is 2.94 bits per heavy atom. The Morgan fingerprint density at radius 1 is 1.59 bits per heavy atom. The van der Waals surface area contributed by atoms with Crippen LogP contribution in [0.15, 0.2) is 18.2 Å². The number of aliphatic hydroxyl groups is 1. The highest BCUT2D eigenvalue weighted by Crippen LogP contribution is 2.30. The summed E-state index contributed by atoms with van der Waals surface area (Å²) in [6.45, 7) is 3.30. The molecule has 0 saturated heterocycles. The number of hydrogen-bond acceptors (Lipinski definition) is 3. The van der Waals surface area contributed by atoms with E-state index in [2.05, 4.69) is 0 Å². The van der Waals surface area contributed by atoms with Crippen molar-refractivity contribution >= 4 is 5.97 Å². The number of benzene rings is 1. The molecule has 0 fully saturated rings. The van der Waals surface area contributed by atoms with E-state index < -0.39 is 11.6 Å². The number of carboxylic acids is 1. The van der Waals surface area contributed by atoms with E-state index >= 15 is 0 Å². The van der Waals surface area contributed by atoms with Crippen LogP contribution in [0.4, 0.5) is 0 Å². The van der Waals surface area contributed by atoms with Crippen molar-refractivity contribution in [2.45, 2.75) is 38.4 Å². The molecule has 0 saturated carbocycles. The Balaban J connectivity index is 2.20. The summed E-state index contributed by atoms with van der Waals surface area (Å²) in [6.07, 6.45) is 1.10. The van der Waals surface area contributed by atoms with Crippen LogP contribution >= 0.6 is 0 Å². The summed E-state index contributed by atoms with van der Waals surface area (Å²) in [5.74, 6) is -0.348. The molecule has 2 rings (SSSR count). The third-order valence-electron chi connectivity index (χ3n) is 2.97. The number of ether oxygens (including phenoxy) is 1. The summed E-state index contributed by atoms with van der Waals surface area (Å²) in [5.41, 5.74) is 0.171. The second-order valence-corrected chi connectivity index (χ2v) is 4.83. The first-order chi connectivity index (χ1) is 7.88. The lowest BCUT2D eigenvalue weighted by molar-refractivity contribution is -0.156. The van der Waals surface area contributed by atoms with Crippen LogP contribution in [-0.4, -0.2) is 27.9 Å². The topological polar surface area (TPSA) is 66.8 Å². The van der Waals surface area contributed by atoms with E-state index in [4.69, 9.17) is 9.84 Å². The Kier molecular flexibility index (Phi) is 2.83. The monoisotopic (exact) mass is 236 g/mol. The normalized spacial score (nSPS) is 21.5. The van der Waals surface area contributed by atoms with E-state index in [1.165, 1.54) is 6.92 Å². The molecule has 92 valence electrons. The van der Waals surface area contributed by atoms with E-state index in [1.807, 2.05) is 19.1 Å². The van der Waals surface area contributed by atoms with Gasteiger partial charge in [0.2, 0.25) is 0 Å². The molecule has 0 amide bonds. The van der Waals surface area contributed by atoms with Crippen LogP contribution in [-0.2, 0) is 17.6 Å². The van der Waals surface area contributed by atoms with Crippen LogP contribution in [0, 0.1) is 0 Å². The van der Waals surface area contributed by atoms with Crippen LogP contribution in [0.25, 0.3) is 0 Å². The van der Waals surface area contributed by atoms with E-state index in [-0.39, 0.29) is 12.5 Å². The molecule has 0 radical (unpaired) electrons. The smallest absolute Gasteiger partial charge is 0.335 e. The SMILES string of the molecule is CC1Cc2cc(CC(C)(O)C(=O)O)ccc2O1. The minimum absolute atomic E-state index is 0.101. The van der Waals surface area contributed by atoms with Gasteiger partial charge in [0.15, 0.2) is 5.60 Å². The molecule has 4 heteroatoms. The summed E-state index contributed by atoms with van der Waals surface area (Å²) >= 11 is 0. The number of carboxylic acid groups (broad SMARTS) is 1. The molecule has 0 aliphatic carbocycles. The second-order valence-electron chi connectivity index (χ2n) is 4.83. The van der Waals surface area contributed by atoms with Crippen molar-refractivity contribution in [3.8, 4) is 5.75 Å². The van der Waals surface area contributed by atoms with Gasteiger partial charge in [-0.25, -0.2) is 4.79 Å². The predicted molar refractivity (Wildman–Crippen MR) is 62.2 cm³/mol. The van der Waals surface area contributed by atoms with Crippen LogP contribution < -0.4 is 4.74 Å². The quantitative estimate of drug-likeness (QED) is 0.832. The van der Waals surface area contributed by atoms with Gasteiger partial charge in [-0.1, -0.05) is 12.1 Å². The highest BCUT2D eigenvalue weighted by atomic mass is 16.5. The fourth-order valence-corrected chi connectivity index (χ4v) is 2.06. The summed E-state index contributed by atoms with van der Waals surface area (Å²) in [5, 5.41) is 18.6. The van der Waals surface area contributed by atoms with Gasteiger partial charge in [0.1, 0.15) is 11.9 Å². The van der Waals surface area contributed by atoms with E-state index in [9.17, 15) is 9.90 Å². The third-order valence-corrected chi connectivity index (χ3v) is 2.97. The number of hydrogen-bond donors (Lipinski definition) is 2. The largest absolute Gasteiger partial charge is 0.490 e. The molecule has 2 atom stereocenters. The van der Waals surface area contributed by atoms with Crippen molar-refractivity contribution in [1.29, 1.82) is 0 Å². The van der Waals surface area contributed by atoms with Crippen molar-refractivity contribution in [2.24, 2.45) is 0 Å². The van der Waals surface area contributed by atoms with Gasteiger partial charge < -0.3 is 14.9 Å². The van der Waals surface area contributed by atoms with E-state index in [0.29, 0.717) is 0 Å². The molecular weight excluding hydrogens is 220 g/mol. The summed E-state index contributed by atoms with van der Waals surface area (Å²) in [4.78, 5) is 10.8. The summed E-state index contributed by atoms with van der Waals surface area (Å²) in [6, 6.07) is 5.55. The van der Waals surface area contributed by atoms with Crippen LogP contribution in [0.1, 0.15) is 25.0 Å². The fraction of sp³-hybridized carbons (Fsp3) is 0.462. The van der Waals surface area contributed by atoms with Gasteiger partial charge in [-0.3, -0.25) is 0 Å². The molecule has 0 spiro atoms. The lowest BCUT2D eigenvalue weighted by Crippen LogP contribution is -2.37. The highest BCUT2D eigenvalue weighted by molar-refractivity contribution is 5.77. The summed E-state index contributed by atoms with van der Waals surface area (Å²) < 4.78 is 5.56. The van der Waals surface area contributed by atoms with Gasteiger partial charge in [0, 0.05) is 12.8 Å². The molecule has 2 unspecified atom stereocenters. The lowest BCUT2D eigenvalue weighted by Gasteiger charge is -2.18. The highest BCUT2D eigenvalue weighted by Gasteiger charge is 2.30. The van der Waals surface area contributed by atoms with Crippen molar-refractivity contribution in [3.63, 3.8) is 0 Å². The standard InChI is InChI=1S/C13H16O4/c1-8-5-10-6-9(3-4-11(10)17-8)7-13(2,16)12(14)15/h3-4,6,8,16H,5,7H2,1-2H3,(H,14,15). The molecule has 4 nitrogen and oxygen atoms in total. The average Bonchev–Trinajstić information content (AvgIpc) is 2.56. The zero-order valence-electron chi connectivity index (χ0n) is 9.93. The molecule has 17 heavy (non-hydrogen) atoms. The molecule has 0 bridgehead atoms. The molecule has 2 N–H and O–H groups in total. The molecule has 1 aliphatic rings. The number of rotatable bonds is 3. The van der Waals surface area contributed by atoms with Crippen molar-refractivity contribution in [2.75, 3.05) is 0 Å². The van der Waals surface area contributed by atoms with Gasteiger partial charge in [-0.2, -0.15) is 0 Å². The Morgan fingerprint density at radius 2 is 2.29 bits per heavy atom. The summed E-state index contributed by atoms with van der Waals surface area (Å²) in [7, 11) is 0. The predicted octanol–water partition coefficient (Wildman–Crippen LogP) is 1.39. The van der Waals surface area contributed by atoms with Gasteiger partial charge >= 0.3 is 5.97 Å². The van der Waals surface area contributed by atoms with Gasteiger partial charge in [-0.15, -0.1) is 0 Å². The number of fused-ring (bicyclic) bond motifs is 1. The van der Waals surface area contributed by atoms with Gasteiger partial charge in [0.05, 0.1) is 0 Å². The van der Waals surface area contributed by atoms with Gasteiger partial charge in [-0.05, 0) is 31.0 Å². The van der Waals surface area contributed by atoms with Crippen LogP contribution in [0.2, 0.25) is 0 Å². The zero-order chi connectivity index (χ0) is 12.6. The Labute approximate surface area is 99.8 Å². The Bertz CT molecular complexity index is 451.